The van der Waals surface area contributed by atoms with E-state index in [0.29, 0.717) is 32.5 Å². The number of carbonyl (C=O) groups is 2. The lowest BCUT2D eigenvalue weighted by Gasteiger charge is -2.27. The maximum Gasteiger partial charge on any atom is 0.471 e. The molecule has 3 atom stereocenters. The maximum atomic E-state index is 13.1. The van der Waals surface area contributed by atoms with Gasteiger partial charge in [0.15, 0.2) is 0 Å². The first-order valence-electron chi connectivity index (χ1n) is 9.12. The molecule has 1 aliphatic heterocycles. The summed E-state index contributed by atoms with van der Waals surface area (Å²) in [4.78, 5) is 25.6. The van der Waals surface area contributed by atoms with E-state index in [1.165, 1.54) is 0 Å². The van der Waals surface area contributed by atoms with E-state index in [4.69, 9.17) is 5.11 Å². The van der Waals surface area contributed by atoms with Gasteiger partial charge in [0.1, 0.15) is 0 Å². The average Bonchev–Trinajstić information content (AvgIpc) is 3.28. The van der Waals surface area contributed by atoms with Crippen LogP contribution in [0, 0.1) is 5.92 Å². The van der Waals surface area contributed by atoms with Gasteiger partial charge in [-0.05, 0) is 30.9 Å². The molecule has 1 unspecified atom stereocenters. The summed E-state index contributed by atoms with van der Waals surface area (Å²) in [5.74, 6) is -2.78. The van der Waals surface area contributed by atoms with Crippen molar-refractivity contribution in [2.45, 2.75) is 37.4 Å². The van der Waals surface area contributed by atoms with Crippen LogP contribution in [0.2, 0.25) is 0 Å². The SMILES string of the molecule is O=C(O)CCN1CCC(CN(C(=O)C(F)(F)F)[C@@H]2C[C@H]2c2ccccc2)C1. The zero-order valence-corrected chi connectivity index (χ0v) is 14.9. The fraction of sp³-hybridized carbons (Fsp3) is 0.579. The van der Waals surface area contributed by atoms with E-state index in [1.807, 2.05) is 35.2 Å². The molecule has 2 aliphatic rings. The number of halogens is 3. The molecule has 148 valence electrons. The molecule has 0 spiro atoms. The van der Waals surface area contributed by atoms with E-state index in [0.717, 1.165) is 10.5 Å². The third kappa shape index (κ3) is 5.00. The van der Waals surface area contributed by atoms with Crippen molar-refractivity contribution >= 4 is 11.9 Å². The van der Waals surface area contributed by atoms with Crippen LogP contribution in [0.25, 0.3) is 0 Å². The van der Waals surface area contributed by atoms with Crippen LogP contribution in [0.3, 0.4) is 0 Å². The molecular formula is C19H23F3N2O3. The fourth-order valence-corrected chi connectivity index (χ4v) is 3.91. The molecule has 0 radical (unpaired) electrons. The molecule has 1 aromatic rings. The molecule has 27 heavy (non-hydrogen) atoms. The number of hydrogen-bond acceptors (Lipinski definition) is 3. The Labute approximate surface area is 155 Å². The molecule has 0 bridgehead atoms. The fourth-order valence-electron chi connectivity index (χ4n) is 3.91. The summed E-state index contributed by atoms with van der Waals surface area (Å²) in [6.07, 6.45) is -3.66. The number of nitrogens with zero attached hydrogens (tertiary/aromatic N) is 2. The smallest absolute Gasteiger partial charge is 0.471 e. The molecular weight excluding hydrogens is 361 g/mol. The second-order valence-electron chi connectivity index (χ2n) is 7.37. The first-order valence-corrected chi connectivity index (χ1v) is 9.12. The Balaban J connectivity index is 1.64. The van der Waals surface area contributed by atoms with Gasteiger partial charge < -0.3 is 14.9 Å². The first-order chi connectivity index (χ1) is 12.8. The normalized spacial score (nSPS) is 25.4. The first kappa shape index (κ1) is 19.7. The van der Waals surface area contributed by atoms with Gasteiger partial charge in [-0.15, -0.1) is 0 Å². The lowest BCUT2D eigenvalue weighted by molar-refractivity contribution is -0.186. The summed E-state index contributed by atoms with van der Waals surface area (Å²) in [7, 11) is 0. The van der Waals surface area contributed by atoms with E-state index in [-0.39, 0.29) is 24.8 Å². The summed E-state index contributed by atoms with van der Waals surface area (Å²) in [6.45, 7) is 1.63. The Hall–Kier alpha value is -2.09. The summed E-state index contributed by atoms with van der Waals surface area (Å²) in [6, 6.07) is 8.88. The summed E-state index contributed by atoms with van der Waals surface area (Å²) < 4.78 is 39.3. The molecule has 3 rings (SSSR count). The van der Waals surface area contributed by atoms with Gasteiger partial charge in [-0.1, -0.05) is 30.3 Å². The molecule has 1 aromatic carbocycles. The zero-order chi connectivity index (χ0) is 19.6. The van der Waals surface area contributed by atoms with Crippen LogP contribution in [-0.2, 0) is 9.59 Å². The monoisotopic (exact) mass is 384 g/mol. The number of benzene rings is 1. The van der Waals surface area contributed by atoms with Gasteiger partial charge in [-0.25, -0.2) is 0 Å². The number of carboxylic acid groups (broad SMARTS) is 1. The van der Waals surface area contributed by atoms with Gasteiger partial charge in [0.2, 0.25) is 0 Å². The van der Waals surface area contributed by atoms with E-state index in [9.17, 15) is 22.8 Å². The van der Waals surface area contributed by atoms with Crippen LogP contribution in [0.4, 0.5) is 13.2 Å². The molecule has 0 aromatic heterocycles. The molecule has 1 saturated heterocycles. The predicted octanol–water partition coefficient (Wildman–Crippen LogP) is 2.73. The van der Waals surface area contributed by atoms with Gasteiger partial charge in [0.25, 0.3) is 0 Å². The molecule has 8 heteroatoms. The lowest BCUT2D eigenvalue weighted by Crippen LogP contribution is -2.45. The molecule has 1 amide bonds. The second-order valence-corrected chi connectivity index (χ2v) is 7.37. The van der Waals surface area contributed by atoms with Crippen molar-refractivity contribution in [3.63, 3.8) is 0 Å². The van der Waals surface area contributed by atoms with Crippen LogP contribution >= 0.6 is 0 Å². The van der Waals surface area contributed by atoms with Crippen molar-refractivity contribution in [2.75, 3.05) is 26.2 Å². The number of likely N-dealkylation sites (tertiary alicyclic amines) is 1. The number of carboxylic acids is 1. The van der Waals surface area contributed by atoms with Gasteiger partial charge in [0, 0.05) is 31.6 Å². The van der Waals surface area contributed by atoms with Crippen molar-refractivity contribution in [1.82, 2.24) is 9.80 Å². The standard InChI is InChI=1S/C19H23F3N2O3/c20-19(21,22)18(27)24(16-10-15(16)14-4-2-1-3-5-14)12-13-6-8-23(11-13)9-7-17(25)26/h1-5,13,15-16H,6-12H2,(H,25,26)/t13?,15-,16+/m0/s1. The van der Waals surface area contributed by atoms with Crippen LogP contribution < -0.4 is 0 Å². The van der Waals surface area contributed by atoms with E-state index >= 15 is 0 Å². The Morgan fingerprint density at radius 3 is 2.56 bits per heavy atom. The van der Waals surface area contributed by atoms with Crippen LogP contribution in [0.1, 0.15) is 30.7 Å². The van der Waals surface area contributed by atoms with Gasteiger partial charge in [-0.2, -0.15) is 13.2 Å². The quantitative estimate of drug-likeness (QED) is 0.785. The van der Waals surface area contributed by atoms with E-state index in [2.05, 4.69) is 0 Å². The van der Waals surface area contributed by atoms with Gasteiger partial charge in [-0.3, -0.25) is 9.59 Å². The van der Waals surface area contributed by atoms with Crippen molar-refractivity contribution in [2.24, 2.45) is 5.92 Å². The largest absolute Gasteiger partial charge is 0.481 e. The number of alkyl halides is 3. The number of aliphatic carboxylic acids is 1. The molecule has 1 saturated carbocycles. The highest BCUT2D eigenvalue weighted by atomic mass is 19.4. The zero-order valence-electron chi connectivity index (χ0n) is 14.9. The van der Waals surface area contributed by atoms with Crippen molar-refractivity contribution in [3.05, 3.63) is 35.9 Å². The highest BCUT2D eigenvalue weighted by Crippen LogP contribution is 2.46. The van der Waals surface area contributed by atoms with Crippen LogP contribution in [0.15, 0.2) is 30.3 Å². The lowest BCUT2D eigenvalue weighted by atomic mass is 10.1. The summed E-state index contributed by atoms with van der Waals surface area (Å²) >= 11 is 0. The third-order valence-electron chi connectivity index (χ3n) is 5.35. The average molecular weight is 384 g/mol. The second kappa shape index (κ2) is 7.88. The Morgan fingerprint density at radius 1 is 1.22 bits per heavy atom. The van der Waals surface area contributed by atoms with Crippen LogP contribution in [0.5, 0.6) is 0 Å². The summed E-state index contributed by atoms with van der Waals surface area (Å²) in [5, 5.41) is 8.76. The number of rotatable bonds is 7. The van der Waals surface area contributed by atoms with Gasteiger partial charge in [0.05, 0.1) is 6.42 Å². The molecule has 5 nitrogen and oxygen atoms in total. The van der Waals surface area contributed by atoms with Crippen molar-refractivity contribution in [3.8, 4) is 0 Å². The minimum Gasteiger partial charge on any atom is -0.481 e. The Kier molecular flexibility index (Phi) is 5.74. The number of hydrogen-bond donors (Lipinski definition) is 1. The van der Waals surface area contributed by atoms with Crippen molar-refractivity contribution < 1.29 is 27.9 Å². The number of amides is 1. The minimum atomic E-state index is -4.88. The van der Waals surface area contributed by atoms with Crippen LogP contribution in [-0.4, -0.2) is 65.2 Å². The molecule has 1 N–H and O–H groups in total. The third-order valence-corrected chi connectivity index (χ3v) is 5.35. The maximum absolute atomic E-state index is 13.1. The topological polar surface area (TPSA) is 60.9 Å². The van der Waals surface area contributed by atoms with Gasteiger partial charge >= 0.3 is 18.1 Å². The highest BCUT2D eigenvalue weighted by Gasteiger charge is 2.52. The minimum absolute atomic E-state index is 0.0105. The number of carbonyl (C=O) groups excluding carboxylic acids is 1. The Morgan fingerprint density at radius 2 is 1.93 bits per heavy atom. The predicted molar refractivity (Wildman–Crippen MR) is 92.2 cm³/mol. The summed E-state index contributed by atoms with van der Waals surface area (Å²) in [5.41, 5.74) is 0.956. The molecule has 1 aliphatic carbocycles. The Bertz CT molecular complexity index is 681. The van der Waals surface area contributed by atoms with Crippen molar-refractivity contribution in [1.29, 1.82) is 0 Å². The highest BCUT2D eigenvalue weighted by molar-refractivity contribution is 5.82. The molecule has 1 heterocycles. The van der Waals surface area contributed by atoms with E-state index < -0.39 is 24.1 Å². The molecule has 2 fully saturated rings. The van der Waals surface area contributed by atoms with E-state index in [1.54, 1.807) is 0 Å².